The Balaban J connectivity index is 1.84. The summed E-state index contributed by atoms with van der Waals surface area (Å²) in [5.41, 5.74) is 0. The minimum absolute atomic E-state index is 0.110. The van der Waals surface area contributed by atoms with Crippen LogP contribution in [0.2, 0.25) is 0 Å². The average Bonchev–Trinajstić information content (AvgIpc) is 3.35. The Kier molecular flexibility index (Phi) is 7.99. The molecule has 0 saturated carbocycles. The van der Waals surface area contributed by atoms with Gasteiger partial charge in [-0.2, -0.15) is 0 Å². The lowest BCUT2D eigenvalue weighted by atomic mass is 10.1. The van der Waals surface area contributed by atoms with E-state index in [9.17, 15) is 9.59 Å². The molecule has 0 aromatic carbocycles. The molecule has 1 N–H and O–H groups in total. The Hall–Kier alpha value is -0.430. The van der Waals surface area contributed by atoms with Crippen molar-refractivity contribution in [3.8, 4) is 0 Å². The maximum absolute atomic E-state index is 12.6. The highest BCUT2D eigenvalue weighted by molar-refractivity contribution is 14.1. The van der Waals surface area contributed by atoms with Gasteiger partial charge >= 0.3 is 12.0 Å². The highest BCUT2D eigenvalue weighted by Crippen LogP contribution is 2.36. The zero-order valence-corrected chi connectivity index (χ0v) is 21.0. The second-order valence-corrected chi connectivity index (χ2v) is 11.3. The number of alkyl halides is 1. The van der Waals surface area contributed by atoms with Crippen molar-refractivity contribution in [2.45, 2.75) is 43.8 Å². The SMILES string of the molecule is CCCC(Cl)CC(c1ncc(Br)s1)N1C(=O)NCC1OC(=O)c1sccc1I. The van der Waals surface area contributed by atoms with Crippen molar-refractivity contribution in [1.29, 1.82) is 0 Å². The quantitative estimate of drug-likeness (QED) is 0.237. The second-order valence-electron chi connectivity index (χ2n) is 6.19. The smallest absolute Gasteiger partial charge is 0.351 e. The topological polar surface area (TPSA) is 71.5 Å². The fraction of sp³-hybridized carbons (Fsp3) is 0.471. The molecule has 0 radical (unpaired) electrons. The van der Waals surface area contributed by atoms with Crippen LogP contribution in [0.5, 0.6) is 0 Å². The zero-order valence-electron chi connectivity index (χ0n) is 14.9. The summed E-state index contributed by atoms with van der Waals surface area (Å²) in [5.74, 6) is -0.430. The maximum atomic E-state index is 12.6. The number of hydrogen-bond acceptors (Lipinski definition) is 6. The third-order valence-corrected chi connectivity index (χ3v) is 8.35. The number of thiophene rings is 1. The van der Waals surface area contributed by atoms with Gasteiger partial charge in [0.1, 0.15) is 9.88 Å². The van der Waals surface area contributed by atoms with Crippen LogP contribution in [-0.2, 0) is 4.74 Å². The summed E-state index contributed by atoms with van der Waals surface area (Å²) in [6, 6.07) is 1.21. The lowest BCUT2D eigenvalue weighted by Crippen LogP contribution is -2.41. The first kappa shape index (κ1) is 22.3. The Morgan fingerprint density at radius 1 is 1.61 bits per heavy atom. The summed E-state index contributed by atoms with van der Waals surface area (Å²) >= 11 is 14.8. The van der Waals surface area contributed by atoms with Gasteiger partial charge in [0.05, 0.1) is 22.6 Å². The number of carbonyl (C=O) groups is 2. The van der Waals surface area contributed by atoms with Gasteiger partial charge in [-0.15, -0.1) is 34.3 Å². The fourth-order valence-electron chi connectivity index (χ4n) is 2.98. The first-order valence-corrected chi connectivity index (χ1v) is 12.7. The zero-order chi connectivity index (χ0) is 20.3. The molecule has 2 aromatic heterocycles. The molecule has 3 unspecified atom stereocenters. The highest BCUT2D eigenvalue weighted by Gasteiger charge is 2.41. The molecule has 0 bridgehead atoms. The number of esters is 1. The molecular weight excluding hydrogens is 601 g/mol. The monoisotopic (exact) mass is 617 g/mol. The van der Waals surface area contributed by atoms with Crippen molar-refractivity contribution < 1.29 is 14.3 Å². The molecule has 152 valence electrons. The summed E-state index contributed by atoms with van der Waals surface area (Å²) in [5, 5.41) is 5.27. The van der Waals surface area contributed by atoms with E-state index in [2.05, 4.69) is 55.7 Å². The van der Waals surface area contributed by atoms with Crippen molar-refractivity contribution in [3.05, 3.63) is 34.9 Å². The molecule has 2 amide bonds. The number of rotatable bonds is 8. The molecule has 28 heavy (non-hydrogen) atoms. The molecule has 1 fully saturated rings. The summed E-state index contributed by atoms with van der Waals surface area (Å²) in [6.07, 6.45) is 3.31. The van der Waals surface area contributed by atoms with Crippen molar-refractivity contribution in [2.24, 2.45) is 0 Å². The number of nitrogens with one attached hydrogen (secondary N) is 1. The van der Waals surface area contributed by atoms with Gasteiger partial charge in [-0.1, -0.05) is 13.3 Å². The first-order chi connectivity index (χ1) is 13.4. The van der Waals surface area contributed by atoms with E-state index in [1.165, 1.54) is 22.7 Å². The number of aromatic nitrogens is 1. The molecule has 11 heteroatoms. The lowest BCUT2D eigenvalue weighted by molar-refractivity contribution is -0.0127. The van der Waals surface area contributed by atoms with E-state index in [1.807, 2.05) is 11.4 Å². The van der Waals surface area contributed by atoms with Crippen LogP contribution in [0.25, 0.3) is 0 Å². The van der Waals surface area contributed by atoms with Gasteiger partial charge < -0.3 is 10.1 Å². The van der Waals surface area contributed by atoms with Crippen molar-refractivity contribution in [2.75, 3.05) is 6.54 Å². The van der Waals surface area contributed by atoms with E-state index in [0.29, 0.717) is 11.3 Å². The fourth-order valence-corrected chi connectivity index (χ4v) is 6.41. The summed E-state index contributed by atoms with van der Waals surface area (Å²) in [6.45, 7) is 2.30. The van der Waals surface area contributed by atoms with E-state index >= 15 is 0 Å². The van der Waals surface area contributed by atoms with Gasteiger partial charge in [0, 0.05) is 8.95 Å². The van der Waals surface area contributed by atoms with Crippen LogP contribution in [0.3, 0.4) is 0 Å². The Morgan fingerprint density at radius 3 is 3.00 bits per heavy atom. The number of ether oxygens (including phenoxy) is 1. The molecule has 1 aliphatic rings. The molecule has 6 nitrogen and oxygen atoms in total. The molecule has 3 heterocycles. The molecule has 0 spiro atoms. The molecule has 1 saturated heterocycles. The molecule has 2 aromatic rings. The number of amides is 2. The van der Waals surface area contributed by atoms with Crippen LogP contribution in [0.15, 0.2) is 21.4 Å². The van der Waals surface area contributed by atoms with Gasteiger partial charge in [-0.3, -0.25) is 4.90 Å². The Morgan fingerprint density at radius 2 is 2.39 bits per heavy atom. The van der Waals surface area contributed by atoms with E-state index in [1.54, 1.807) is 11.1 Å². The van der Waals surface area contributed by atoms with Crippen molar-refractivity contribution >= 4 is 84.8 Å². The molecule has 3 atom stereocenters. The Labute approximate surface area is 198 Å². The van der Waals surface area contributed by atoms with E-state index in [4.69, 9.17) is 16.3 Å². The summed E-state index contributed by atoms with van der Waals surface area (Å²) in [7, 11) is 0. The molecular formula is C17H18BrClIN3O3S2. The predicted molar refractivity (Wildman–Crippen MR) is 123 cm³/mol. The van der Waals surface area contributed by atoms with Crippen LogP contribution in [-0.4, -0.2) is 40.0 Å². The minimum Gasteiger partial charge on any atom is -0.435 e. The number of halogens is 3. The van der Waals surface area contributed by atoms with Crippen LogP contribution in [0.1, 0.15) is 46.9 Å². The maximum Gasteiger partial charge on any atom is 0.351 e. The number of thiazole rings is 1. The van der Waals surface area contributed by atoms with Crippen LogP contribution < -0.4 is 5.32 Å². The molecule has 0 aliphatic carbocycles. The van der Waals surface area contributed by atoms with Crippen LogP contribution >= 0.6 is 72.8 Å². The van der Waals surface area contributed by atoms with Gasteiger partial charge in [0.25, 0.3) is 0 Å². The third-order valence-electron chi connectivity index (χ3n) is 4.22. The van der Waals surface area contributed by atoms with Gasteiger partial charge in [0.2, 0.25) is 0 Å². The third kappa shape index (κ3) is 5.18. The van der Waals surface area contributed by atoms with Crippen LogP contribution in [0.4, 0.5) is 4.79 Å². The van der Waals surface area contributed by atoms with Gasteiger partial charge in [0.15, 0.2) is 6.23 Å². The van der Waals surface area contributed by atoms with Gasteiger partial charge in [-0.05, 0) is 62.8 Å². The molecule has 3 rings (SSSR count). The van der Waals surface area contributed by atoms with Crippen molar-refractivity contribution in [3.63, 3.8) is 0 Å². The number of urea groups is 1. The van der Waals surface area contributed by atoms with Gasteiger partial charge in [-0.25, -0.2) is 14.6 Å². The summed E-state index contributed by atoms with van der Waals surface area (Å²) in [4.78, 5) is 31.8. The van der Waals surface area contributed by atoms with Crippen LogP contribution in [0, 0.1) is 3.57 Å². The number of carbonyl (C=O) groups excluding carboxylic acids is 2. The minimum atomic E-state index is -0.712. The normalized spacial score (nSPS) is 18.8. The first-order valence-electron chi connectivity index (χ1n) is 8.66. The molecule has 1 aliphatic heterocycles. The lowest BCUT2D eigenvalue weighted by Gasteiger charge is -2.31. The van der Waals surface area contributed by atoms with E-state index in [-0.39, 0.29) is 24.0 Å². The Bertz CT molecular complexity index is 849. The number of hydrogen-bond donors (Lipinski definition) is 1. The average molecular weight is 619 g/mol. The van der Waals surface area contributed by atoms with E-state index < -0.39 is 12.2 Å². The van der Waals surface area contributed by atoms with Crippen molar-refractivity contribution in [1.82, 2.24) is 15.2 Å². The highest BCUT2D eigenvalue weighted by atomic mass is 127. The largest absolute Gasteiger partial charge is 0.435 e. The van der Waals surface area contributed by atoms with E-state index in [0.717, 1.165) is 25.2 Å². The second kappa shape index (κ2) is 10.1. The summed E-state index contributed by atoms with van der Waals surface area (Å²) < 4.78 is 7.41. The standard InChI is InChI=1S/C17H18BrClIN3O3S2/c1-2-3-9(19)6-11(15-21-7-12(18)28-15)23-13(8-22-17(23)25)26-16(24)14-10(20)4-5-27-14/h4-5,7,9,11,13H,2-3,6,8H2,1H3,(H,22,25). The number of nitrogens with zero attached hydrogens (tertiary/aromatic N) is 2. The predicted octanol–water partition coefficient (Wildman–Crippen LogP) is 5.62.